The Hall–Kier alpha value is -3.90. The number of nitrogens with one attached hydrogen (secondary N) is 1. The number of fused-ring (bicyclic) bond motifs is 2. The Morgan fingerprint density at radius 3 is 1.43 bits per heavy atom. The van der Waals surface area contributed by atoms with E-state index in [2.05, 4.69) is 92.9 Å². The van der Waals surface area contributed by atoms with E-state index >= 15 is 0 Å². The van der Waals surface area contributed by atoms with Crippen molar-refractivity contribution in [2.75, 3.05) is 10.2 Å². The van der Waals surface area contributed by atoms with Crippen molar-refractivity contribution in [2.45, 2.75) is 7.43 Å². The molecule has 0 radical (unpaired) electrons. The molecule has 54 heavy (non-hydrogen) atoms. The van der Waals surface area contributed by atoms with Gasteiger partial charge in [-0.1, -0.05) is 202 Å². The molecule has 0 bridgehead atoms. The molecular formula is C45H33BrCl6N2. The summed E-state index contributed by atoms with van der Waals surface area (Å²) < 4.78 is 1.16. The number of hydrogen-bond acceptors (Lipinski definition) is 2. The monoisotopic (exact) mass is 890 g/mol. The molecule has 0 amide bonds. The van der Waals surface area contributed by atoms with E-state index in [0.29, 0.717) is 30.1 Å². The molecule has 0 aliphatic carbocycles. The summed E-state index contributed by atoms with van der Waals surface area (Å²) in [5.41, 5.74) is 4.69. The summed E-state index contributed by atoms with van der Waals surface area (Å²) in [7, 11) is 0. The number of anilines is 5. The van der Waals surface area contributed by atoms with Gasteiger partial charge in [-0.25, -0.2) is 0 Å². The fourth-order valence-electron chi connectivity index (χ4n) is 5.58. The van der Waals surface area contributed by atoms with Crippen molar-refractivity contribution in [3.05, 3.63) is 204 Å². The van der Waals surface area contributed by atoms with Gasteiger partial charge in [-0.2, -0.15) is 0 Å². The van der Waals surface area contributed by atoms with Gasteiger partial charge in [0.15, 0.2) is 0 Å². The molecule has 0 aliphatic heterocycles. The summed E-state index contributed by atoms with van der Waals surface area (Å²) in [6.45, 7) is 0. The summed E-state index contributed by atoms with van der Waals surface area (Å²) >= 11 is 40.0. The minimum atomic E-state index is 0. The van der Waals surface area contributed by atoms with E-state index in [1.807, 2.05) is 91.0 Å². The SMILES string of the molecule is Brc1cccc2ccccc12.C.Clc1cc(N(c2ccccc2)c2cccc3ccccc23)cc(Cl)c1Cl.Clc1cc(Nc2ccccc2)cc(Cl)c1Cl. The summed E-state index contributed by atoms with van der Waals surface area (Å²) in [6.07, 6.45) is 0. The number of halogens is 7. The Balaban J connectivity index is 0.000000170. The highest BCUT2D eigenvalue weighted by Crippen LogP contribution is 2.43. The zero-order valence-electron chi connectivity index (χ0n) is 27.8. The maximum atomic E-state index is 6.31. The van der Waals surface area contributed by atoms with Crippen LogP contribution in [0.4, 0.5) is 28.4 Å². The Kier molecular flexibility index (Phi) is 15.0. The van der Waals surface area contributed by atoms with Crippen LogP contribution in [-0.2, 0) is 0 Å². The van der Waals surface area contributed by atoms with Crippen LogP contribution in [0, 0.1) is 0 Å². The molecule has 0 aliphatic rings. The number of benzene rings is 8. The lowest BCUT2D eigenvalue weighted by Gasteiger charge is -2.27. The van der Waals surface area contributed by atoms with E-state index in [1.165, 1.54) is 10.8 Å². The molecule has 0 unspecified atom stereocenters. The zero-order chi connectivity index (χ0) is 37.3. The molecule has 0 atom stereocenters. The summed E-state index contributed by atoms with van der Waals surface area (Å²) in [6, 6.07) is 56.1. The maximum Gasteiger partial charge on any atom is 0.0780 e. The molecule has 0 saturated carbocycles. The molecule has 8 rings (SSSR count). The first-order chi connectivity index (χ1) is 25.7. The van der Waals surface area contributed by atoms with Gasteiger partial charge >= 0.3 is 0 Å². The number of hydrogen-bond donors (Lipinski definition) is 1. The van der Waals surface area contributed by atoms with Crippen molar-refractivity contribution in [3.63, 3.8) is 0 Å². The third-order valence-electron chi connectivity index (χ3n) is 8.03. The average Bonchev–Trinajstić information content (AvgIpc) is 3.18. The van der Waals surface area contributed by atoms with Crippen LogP contribution in [0.1, 0.15) is 7.43 Å². The standard InChI is InChI=1S/C22H14Cl3N.C12H8Cl3N.C10H7Br.CH4/c23-19-13-17(14-20(24)22(19)25)26(16-9-2-1-3-10-16)21-12-6-8-15-7-4-5-11-18(15)21;13-10-6-9(7-11(14)12(10)15)16-8-4-2-1-3-5-8;11-10-7-3-5-8-4-1-2-6-9(8)10;/h1-14H;1-7,16H;1-7H;1H4. The van der Waals surface area contributed by atoms with Crippen LogP contribution in [-0.4, -0.2) is 0 Å². The highest BCUT2D eigenvalue weighted by Gasteiger charge is 2.17. The van der Waals surface area contributed by atoms with E-state index in [4.69, 9.17) is 69.6 Å². The second kappa shape index (κ2) is 19.6. The van der Waals surface area contributed by atoms with Gasteiger partial charge < -0.3 is 10.2 Å². The third-order valence-corrected chi connectivity index (χ3v) is 11.1. The Morgan fingerprint density at radius 1 is 0.407 bits per heavy atom. The molecule has 9 heteroatoms. The smallest absolute Gasteiger partial charge is 0.0780 e. The van der Waals surface area contributed by atoms with Crippen LogP contribution < -0.4 is 10.2 Å². The van der Waals surface area contributed by atoms with E-state index in [9.17, 15) is 0 Å². The summed E-state index contributed by atoms with van der Waals surface area (Å²) in [5, 5.41) is 10.5. The van der Waals surface area contributed by atoms with Gasteiger partial charge in [-0.05, 0) is 76.8 Å². The number of rotatable bonds is 5. The van der Waals surface area contributed by atoms with Gasteiger partial charge in [0.05, 0.1) is 35.8 Å². The number of nitrogens with zero attached hydrogens (tertiary/aromatic N) is 1. The normalized spacial score (nSPS) is 10.4. The third kappa shape index (κ3) is 10.2. The van der Waals surface area contributed by atoms with Gasteiger partial charge in [0.25, 0.3) is 0 Å². The van der Waals surface area contributed by atoms with Crippen LogP contribution in [0.5, 0.6) is 0 Å². The lowest BCUT2D eigenvalue weighted by molar-refractivity contribution is 1.30. The lowest BCUT2D eigenvalue weighted by atomic mass is 10.1. The Morgan fingerprint density at radius 2 is 0.852 bits per heavy atom. The molecule has 0 aromatic heterocycles. The van der Waals surface area contributed by atoms with Crippen LogP contribution in [0.2, 0.25) is 30.1 Å². The fourth-order valence-corrected chi connectivity index (χ4v) is 7.28. The molecule has 0 fully saturated rings. The molecule has 0 heterocycles. The molecule has 2 nitrogen and oxygen atoms in total. The highest BCUT2D eigenvalue weighted by molar-refractivity contribution is 9.10. The van der Waals surface area contributed by atoms with Gasteiger partial charge in [0, 0.05) is 32.6 Å². The minimum absolute atomic E-state index is 0. The molecule has 8 aromatic carbocycles. The fraction of sp³-hybridized carbons (Fsp3) is 0.0222. The first-order valence-corrected chi connectivity index (χ1v) is 19.3. The lowest BCUT2D eigenvalue weighted by Crippen LogP contribution is -2.10. The van der Waals surface area contributed by atoms with Crippen molar-refractivity contribution in [1.82, 2.24) is 0 Å². The highest BCUT2D eigenvalue weighted by atomic mass is 79.9. The summed E-state index contributed by atoms with van der Waals surface area (Å²) in [5.74, 6) is 0. The molecule has 272 valence electrons. The van der Waals surface area contributed by atoms with Crippen molar-refractivity contribution >= 4 is 136 Å². The first-order valence-electron chi connectivity index (χ1n) is 16.3. The molecule has 1 N–H and O–H groups in total. The second-order valence-corrected chi connectivity index (χ2v) is 14.8. The molecule has 0 spiro atoms. The van der Waals surface area contributed by atoms with Gasteiger partial charge in [-0.3, -0.25) is 0 Å². The van der Waals surface area contributed by atoms with Crippen molar-refractivity contribution in [3.8, 4) is 0 Å². The summed E-state index contributed by atoms with van der Waals surface area (Å²) in [4.78, 5) is 2.14. The minimum Gasteiger partial charge on any atom is -0.355 e. The van der Waals surface area contributed by atoms with Crippen LogP contribution >= 0.6 is 85.5 Å². The van der Waals surface area contributed by atoms with Crippen LogP contribution in [0.15, 0.2) is 174 Å². The van der Waals surface area contributed by atoms with Gasteiger partial charge in [-0.15, -0.1) is 0 Å². The van der Waals surface area contributed by atoms with Gasteiger partial charge in [0.2, 0.25) is 0 Å². The van der Waals surface area contributed by atoms with E-state index < -0.39 is 0 Å². The largest absolute Gasteiger partial charge is 0.355 e. The Labute approximate surface area is 354 Å². The molecular weight excluding hydrogens is 861 g/mol. The number of para-hydroxylation sites is 2. The average molecular weight is 894 g/mol. The quantitative estimate of drug-likeness (QED) is 0.173. The van der Waals surface area contributed by atoms with E-state index in [1.54, 1.807) is 12.1 Å². The first kappa shape index (κ1) is 41.3. The predicted molar refractivity (Wildman–Crippen MR) is 243 cm³/mol. The zero-order valence-corrected chi connectivity index (χ0v) is 33.9. The van der Waals surface area contributed by atoms with E-state index in [0.717, 1.165) is 43.7 Å². The Bertz CT molecular complexity index is 2420. The molecule has 0 saturated heterocycles. The van der Waals surface area contributed by atoms with E-state index in [-0.39, 0.29) is 7.43 Å². The van der Waals surface area contributed by atoms with Crippen molar-refractivity contribution in [1.29, 1.82) is 0 Å². The second-order valence-electron chi connectivity index (χ2n) is 11.6. The van der Waals surface area contributed by atoms with Crippen LogP contribution in [0.25, 0.3) is 21.5 Å². The maximum absolute atomic E-state index is 6.31. The predicted octanol–water partition coefficient (Wildman–Crippen LogP) is 17.9. The van der Waals surface area contributed by atoms with Gasteiger partial charge in [0.1, 0.15) is 0 Å². The van der Waals surface area contributed by atoms with Crippen LogP contribution in [0.3, 0.4) is 0 Å². The van der Waals surface area contributed by atoms with Crippen molar-refractivity contribution < 1.29 is 0 Å². The van der Waals surface area contributed by atoms with Crippen molar-refractivity contribution in [2.24, 2.45) is 0 Å². The molecule has 8 aromatic rings. The topological polar surface area (TPSA) is 15.3 Å².